The fourth-order valence-corrected chi connectivity index (χ4v) is 5.55. The predicted molar refractivity (Wildman–Crippen MR) is 143 cm³/mol. The van der Waals surface area contributed by atoms with Crippen LogP contribution in [-0.4, -0.2) is 49.1 Å². The maximum atomic E-state index is 13.4. The van der Waals surface area contributed by atoms with Gasteiger partial charge in [0, 0.05) is 31.7 Å². The first kappa shape index (κ1) is 25.9. The Bertz CT molecular complexity index is 1320. The van der Waals surface area contributed by atoms with Crippen LogP contribution in [0.25, 0.3) is 11.0 Å². The monoisotopic (exact) mass is 571 g/mol. The lowest BCUT2D eigenvalue weighted by molar-refractivity contribution is -0.121. The molecule has 0 saturated carbocycles. The molecule has 2 N–H and O–H groups in total. The van der Waals surface area contributed by atoms with Crippen LogP contribution < -0.4 is 20.8 Å². The van der Waals surface area contributed by atoms with Crippen LogP contribution in [0.15, 0.2) is 56.1 Å². The van der Waals surface area contributed by atoms with Crippen molar-refractivity contribution < 1.29 is 18.3 Å². The van der Waals surface area contributed by atoms with Gasteiger partial charge in [-0.1, -0.05) is 6.07 Å². The zero-order valence-electron chi connectivity index (χ0n) is 20.6. The van der Waals surface area contributed by atoms with Gasteiger partial charge in [0.1, 0.15) is 29.0 Å². The number of nitrogens with one attached hydrogen (secondary N) is 2. The number of hydrogen-bond donors (Lipinski definition) is 2. The van der Waals surface area contributed by atoms with Gasteiger partial charge in [-0.05, 0) is 90.6 Å². The van der Waals surface area contributed by atoms with Crippen molar-refractivity contribution in [3.8, 4) is 5.75 Å². The van der Waals surface area contributed by atoms with Crippen molar-refractivity contribution in [2.45, 2.75) is 50.8 Å². The summed E-state index contributed by atoms with van der Waals surface area (Å²) in [7, 11) is 0. The standard InChI is InChI=1S/C28H31BrFN3O4/c29-24-13-18(1-3-27(24)36-21-5-9-31-10-6-21)17-33-11-7-20(8-12-33)32-28(35)16-22-15-25(34)23-14-19(30)2-4-26(23)37-22/h1-4,13-15,20-21,31H,5-12,16-17H2,(H,32,35). The lowest BCUT2D eigenvalue weighted by Gasteiger charge is -2.32. The first-order chi connectivity index (χ1) is 17.9. The minimum atomic E-state index is -0.497. The zero-order valence-corrected chi connectivity index (χ0v) is 22.2. The van der Waals surface area contributed by atoms with E-state index in [9.17, 15) is 14.0 Å². The molecule has 0 bridgehead atoms. The highest BCUT2D eigenvalue weighted by atomic mass is 79.9. The second-order valence-electron chi connectivity index (χ2n) is 9.84. The second-order valence-corrected chi connectivity index (χ2v) is 10.7. The third-order valence-corrected chi connectivity index (χ3v) is 7.63. The summed E-state index contributed by atoms with van der Waals surface area (Å²) in [6, 6.07) is 11.5. The van der Waals surface area contributed by atoms with Crippen LogP contribution >= 0.6 is 15.9 Å². The smallest absolute Gasteiger partial charge is 0.227 e. The van der Waals surface area contributed by atoms with E-state index in [1.165, 1.54) is 23.8 Å². The maximum Gasteiger partial charge on any atom is 0.227 e. The molecule has 2 aliphatic heterocycles. The van der Waals surface area contributed by atoms with Gasteiger partial charge in [-0.15, -0.1) is 0 Å². The van der Waals surface area contributed by atoms with Gasteiger partial charge in [-0.3, -0.25) is 14.5 Å². The summed E-state index contributed by atoms with van der Waals surface area (Å²) in [6.07, 6.45) is 3.99. The Kier molecular flexibility index (Phi) is 8.22. The fourth-order valence-electron chi connectivity index (χ4n) is 5.03. The number of nitrogens with zero attached hydrogens (tertiary/aromatic N) is 1. The Labute approximate surface area is 223 Å². The third kappa shape index (κ3) is 6.77. The summed E-state index contributed by atoms with van der Waals surface area (Å²) in [6.45, 7) is 4.60. The number of amides is 1. The summed E-state index contributed by atoms with van der Waals surface area (Å²) in [5, 5.41) is 6.60. The van der Waals surface area contributed by atoms with Gasteiger partial charge < -0.3 is 19.8 Å². The largest absolute Gasteiger partial charge is 0.489 e. The molecule has 2 saturated heterocycles. The average molecular weight is 572 g/mol. The third-order valence-electron chi connectivity index (χ3n) is 7.01. The van der Waals surface area contributed by atoms with Crippen LogP contribution in [0.3, 0.4) is 0 Å². The highest BCUT2D eigenvalue weighted by Crippen LogP contribution is 2.29. The number of carbonyl (C=O) groups excluding carboxylic acids is 1. The van der Waals surface area contributed by atoms with E-state index in [0.717, 1.165) is 74.7 Å². The van der Waals surface area contributed by atoms with E-state index in [1.54, 1.807) is 0 Å². The number of rotatable bonds is 7. The van der Waals surface area contributed by atoms with Gasteiger partial charge in [0.05, 0.1) is 16.3 Å². The van der Waals surface area contributed by atoms with Gasteiger partial charge >= 0.3 is 0 Å². The Morgan fingerprint density at radius 2 is 1.89 bits per heavy atom. The number of carbonyl (C=O) groups is 1. The number of fused-ring (bicyclic) bond motifs is 1. The molecule has 2 fully saturated rings. The number of benzene rings is 2. The van der Waals surface area contributed by atoms with Crippen molar-refractivity contribution >= 4 is 32.8 Å². The molecule has 0 aliphatic carbocycles. The summed E-state index contributed by atoms with van der Waals surface area (Å²) in [4.78, 5) is 27.3. The number of halogens is 2. The SMILES string of the molecule is O=C(Cc1cc(=O)c2cc(F)ccc2o1)NC1CCN(Cc2ccc(OC3CCNCC3)c(Br)c2)CC1. The van der Waals surface area contributed by atoms with Crippen LogP contribution in [-0.2, 0) is 17.8 Å². The van der Waals surface area contributed by atoms with Crippen molar-refractivity contribution in [2.24, 2.45) is 0 Å². The van der Waals surface area contributed by atoms with E-state index in [-0.39, 0.29) is 46.6 Å². The molecule has 3 aromatic rings. The lowest BCUT2D eigenvalue weighted by Crippen LogP contribution is -2.44. The minimum Gasteiger partial charge on any atom is -0.489 e. The van der Waals surface area contributed by atoms with Gasteiger partial charge in [-0.2, -0.15) is 0 Å². The van der Waals surface area contributed by atoms with Gasteiger partial charge in [0.15, 0.2) is 5.43 Å². The molecule has 2 aliphatic rings. The minimum absolute atomic E-state index is 0.0252. The van der Waals surface area contributed by atoms with Crippen LogP contribution in [0, 0.1) is 5.82 Å². The van der Waals surface area contributed by atoms with E-state index >= 15 is 0 Å². The molecular weight excluding hydrogens is 541 g/mol. The van der Waals surface area contributed by atoms with Crippen LogP contribution in [0.4, 0.5) is 4.39 Å². The molecule has 37 heavy (non-hydrogen) atoms. The van der Waals surface area contributed by atoms with Crippen LogP contribution in [0.1, 0.15) is 37.0 Å². The second kappa shape index (κ2) is 11.8. The maximum absolute atomic E-state index is 13.4. The molecule has 9 heteroatoms. The molecule has 3 heterocycles. The summed E-state index contributed by atoms with van der Waals surface area (Å²) in [5.74, 6) is 0.489. The summed E-state index contributed by atoms with van der Waals surface area (Å²) >= 11 is 3.67. The van der Waals surface area contributed by atoms with E-state index in [2.05, 4.69) is 49.7 Å². The first-order valence-electron chi connectivity index (χ1n) is 12.8. The van der Waals surface area contributed by atoms with E-state index in [0.29, 0.717) is 0 Å². The van der Waals surface area contributed by atoms with E-state index in [4.69, 9.17) is 9.15 Å². The van der Waals surface area contributed by atoms with Gasteiger partial charge in [-0.25, -0.2) is 4.39 Å². The molecule has 1 amide bonds. The average Bonchev–Trinajstić information content (AvgIpc) is 2.88. The normalized spacial score (nSPS) is 17.7. The van der Waals surface area contributed by atoms with Crippen LogP contribution in [0.2, 0.25) is 0 Å². The van der Waals surface area contributed by atoms with Crippen LogP contribution in [0.5, 0.6) is 5.75 Å². The van der Waals surface area contributed by atoms with E-state index < -0.39 is 5.82 Å². The lowest BCUT2D eigenvalue weighted by atomic mass is 10.0. The molecule has 0 radical (unpaired) electrons. The number of likely N-dealkylation sites (tertiary alicyclic amines) is 1. The quantitative estimate of drug-likeness (QED) is 0.443. The molecule has 0 spiro atoms. The molecule has 0 atom stereocenters. The fraction of sp³-hybridized carbons (Fsp3) is 0.429. The Hall–Kier alpha value is -2.75. The van der Waals surface area contributed by atoms with Crippen molar-refractivity contribution in [2.75, 3.05) is 26.2 Å². The molecule has 5 rings (SSSR count). The van der Waals surface area contributed by atoms with Gasteiger partial charge in [0.25, 0.3) is 0 Å². The molecular formula is C28H31BrFN3O4. The molecule has 2 aromatic carbocycles. The van der Waals surface area contributed by atoms with E-state index in [1.807, 2.05) is 0 Å². The number of hydrogen-bond acceptors (Lipinski definition) is 6. The highest BCUT2D eigenvalue weighted by molar-refractivity contribution is 9.10. The Balaban J connectivity index is 1.09. The predicted octanol–water partition coefficient (Wildman–Crippen LogP) is 4.15. The zero-order chi connectivity index (χ0) is 25.8. The van der Waals surface area contributed by atoms with Crippen molar-refractivity contribution in [1.29, 1.82) is 0 Å². The Morgan fingerprint density at radius 3 is 2.65 bits per heavy atom. The van der Waals surface area contributed by atoms with Crippen molar-refractivity contribution in [1.82, 2.24) is 15.5 Å². The highest BCUT2D eigenvalue weighted by Gasteiger charge is 2.22. The first-order valence-corrected chi connectivity index (χ1v) is 13.6. The summed E-state index contributed by atoms with van der Waals surface area (Å²) in [5.41, 5.74) is 1.15. The molecule has 1 aromatic heterocycles. The molecule has 0 unspecified atom stereocenters. The summed E-state index contributed by atoms with van der Waals surface area (Å²) < 4.78 is 26.2. The van der Waals surface area contributed by atoms with Gasteiger partial charge in [0.2, 0.25) is 5.91 Å². The van der Waals surface area contributed by atoms with Crippen molar-refractivity contribution in [3.63, 3.8) is 0 Å². The topological polar surface area (TPSA) is 83.8 Å². The Morgan fingerprint density at radius 1 is 1.11 bits per heavy atom. The number of piperidine rings is 2. The molecule has 7 nitrogen and oxygen atoms in total. The number of ether oxygens (including phenoxy) is 1. The van der Waals surface area contributed by atoms with Crippen molar-refractivity contribution in [3.05, 3.63) is 74.3 Å². The molecule has 196 valence electrons.